The Labute approximate surface area is 152 Å². The van der Waals surface area contributed by atoms with Gasteiger partial charge in [0.15, 0.2) is 5.13 Å². The fraction of sp³-hybridized carbons (Fsp3) is 0.333. The molecule has 2 aromatic rings. The number of hydrogen-bond acceptors (Lipinski definition) is 5. The Balaban J connectivity index is 0.00000132. The molecule has 0 spiro atoms. The highest BCUT2D eigenvalue weighted by Gasteiger charge is 2.19. The molecule has 1 amide bonds. The van der Waals surface area contributed by atoms with Gasteiger partial charge < -0.3 is 16.0 Å². The molecule has 0 saturated heterocycles. The molecule has 1 aromatic heterocycles. The van der Waals surface area contributed by atoms with Gasteiger partial charge in [0, 0.05) is 30.2 Å². The molecule has 126 valence electrons. The molecular weight excluding hydrogens is 355 g/mol. The first-order chi connectivity index (χ1) is 10.1. The van der Waals surface area contributed by atoms with Crippen LogP contribution in [-0.4, -0.2) is 17.4 Å². The Hall–Kier alpha value is -1.50. The van der Waals surface area contributed by atoms with Crippen molar-refractivity contribution in [2.24, 2.45) is 0 Å². The molecule has 0 aliphatic carbocycles. The summed E-state index contributed by atoms with van der Waals surface area (Å²) in [6.07, 6.45) is 2.14. The maximum atomic E-state index is 11.0. The molecule has 0 bridgehead atoms. The molecule has 5 nitrogen and oxygen atoms in total. The molecule has 1 aliphatic rings. The Bertz CT molecular complexity index is 677. The molecule has 0 fully saturated rings. The van der Waals surface area contributed by atoms with E-state index in [2.05, 4.69) is 21.3 Å². The van der Waals surface area contributed by atoms with Gasteiger partial charge in [-0.05, 0) is 30.5 Å². The van der Waals surface area contributed by atoms with E-state index >= 15 is 0 Å². The smallest absolute Gasteiger partial charge is 0.223 e. The van der Waals surface area contributed by atoms with E-state index in [1.165, 1.54) is 29.5 Å². The molecule has 1 aromatic carbocycles. The number of nitrogens with two attached hydrogens (primary N) is 1. The van der Waals surface area contributed by atoms with Gasteiger partial charge in [-0.15, -0.1) is 36.2 Å². The van der Waals surface area contributed by atoms with Crippen molar-refractivity contribution in [3.8, 4) is 0 Å². The lowest BCUT2D eigenvalue weighted by atomic mass is 10.00. The van der Waals surface area contributed by atoms with Gasteiger partial charge in [-0.1, -0.05) is 6.07 Å². The first kappa shape index (κ1) is 19.5. The maximum absolute atomic E-state index is 11.0. The first-order valence-electron chi connectivity index (χ1n) is 6.98. The number of carbonyl (C=O) groups is 1. The maximum Gasteiger partial charge on any atom is 0.223 e. The average molecular weight is 375 g/mol. The van der Waals surface area contributed by atoms with Gasteiger partial charge in [0.25, 0.3) is 0 Å². The van der Waals surface area contributed by atoms with Gasteiger partial charge >= 0.3 is 0 Å². The van der Waals surface area contributed by atoms with E-state index in [4.69, 9.17) is 5.73 Å². The van der Waals surface area contributed by atoms with Crippen LogP contribution >= 0.6 is 36.2 Å². The predicted octanol–water partition coefficient (Wildman–Crippen LogP) is 3.48. The van der Waals surface area contributed by atoms with Crippen molar-refractivity contribution < 1.29 is 4.79 Å². The van der Waals surface area contributed by atoms with Crippen LogP contribution in [0.15, 0.2) is 23.6 Å². The van der Waals surface area contributed by atoms with Crippen molar-refractivity contribution in [2.75, 3.05) is 22.5 Å². The number of carbonyl (C=O) groups excluding carboxylic acids is 1. The summed E-state index contributed by atoms with van der Waals surface area (Å²) in [5.41, 5.74) is 10.4. The number of thiazole rings is 1. The summed E-state index contributed by atoms with van der Waals surface area (Å²) >= 11 is 1.46. The summed E-state index contributed by atoms with van der Waals surface area (Å²) in [6, 6.07) is 6.07. The Morgan fingerprint density at radius 3 is 2.96 bits per heavy atom. The predicted molar refractivity (Wildman–Crippen MR) is 101 cm³/mol. The molecule has 0 unspecified atom stereocenters. The zero-order chi connectivity index (χ0) is 14.8. The lowest BCUT2D eigenvalue weighted by Crippen LogP contribution is -2.29. The summed E-state index contributed by atoms with van der Waals surface area (Å²) in [7, 11) is 0. The zero-order valence-corrected chi connectivity index (χ0v) is 15.2. The van der Waals surface area contributed by atoms with E-state index in [-0.39, 0.29) is 30.7 Å². The van der Waals surface area contributed by atoms with Gasteiger partial charge in [0.05, 0.1) is 12.2 Å². The lowest BCUT2D eigenvalue weighted by Gasteiger charge is -2.31. The molecule has 3 N–H and O–H groups in total. The van der Waals surface area contributed by atoms with Crippen LogP contribution in [0, 0.1) is 0 Å². The van der Waals surface area contributed by atoms with Crippen LogP contribution in [0.25, 0.3) is 0 Å². The number of benzene rings is 1. The van der Waals surface area contributed by atoms with Gasteiger partial charge in [-0.3, -0.25) is 4.79 Å². The number of amides is 1. The van der Waals surface area contributed by atoms with Crippen LogP contribution in [0.3, 0.4) is 0 Å². The van der Waals surface area contributed by atoms with Crippen molar-refractivity contribution in [2.45, 2.75) is 26.3 Å². The van der Waals surface area contributed by atoms with Gasteiger partial charge in [-0.2, -0.15) is 0 Å². The van der Waals surface area contributed by atoms with E-state index in [0.717, 1.165) is 37.3 Å². The Morgan fingerprint density at radius 1 is 1.43 bits per heavy atom. The minimum absolute atomic E-state index is 0. The number of nitrogen functional groups attached to an aromatic ring is 1. The average Bonchev–Trinajstić information content (AvgIpc) is 2.86. The monoisotopic (exact) mass is 374 g/mol. The highest BCUT2D eigenvalue weighted by atomic mass is 35.5. The molecule has 23 heavy (non-hydrogen) atoms. The number of rotatable bonds is 3. The van der Waals surface area contributed by atoms with Crippen molar-refractivity contribution in [3.05, 3.63) is 34.8 Å². The molecule has 2 heterocycles. The molecule has 0 atom stereocenters. The third-order valence-electron chi connectivity index (χ3n) is 3.57. The van der Waals surface area contributed by atoms with Crippen molar-refractivity contribution in [1.29, 1.82) is 0 Å². The van der Waals surface area contributed by atoms with E-state index in [9.17, 15) is 4.79 Å². The van der Waals surface area contributed by atoms with E-state index in [1.54, 1.807) is 0 Å². The Morgan fingerprint density at radius 2 is 2.22 bits per heavy atom. The van der Waals surface area contributed by atoms with Crippen LogP contribution in [0.1, 0.15) is 24.6 Å². The van der Waals surface area contributed by atoms with Gasteiger partial charge in [0.2, 0.25) is 5.91 Å². The highest BCUT2D eigenvalue weighted by Crippen LogP contribution is 2.32. The Kier molecular flexibility index (Phi) is 7.12. The summed E-state index contributed by atoms with van der Waals surface area (Å²) in [5.74, 6) is -0.0907. The number of halogens is 2. The van der Waals surface area contributed by atoms with Gasteiger partial charge in [-0.25, -0.2) is 4.98 Å². The van der Waals surface area contributed by atoms with Crippen LogP contribution < -0.4 is 16.0 Å². The summed E-state index contributed by atoms with van der Waals surface area (Å²) in [5, 5.41) is 5.37. The fourth-order valence-corrected chi connectivity index (χ4v) is 3.42. The number of anilines is 3. The number of hydrogen-bond donors (Lipinski definition) is 2. The molecule has 0 radical (unpaired) electrons. The number of nitrogens with zero attached hydrogens (tertiary/aromatic N) is 2. The number of nitrogens with one attached hydrogen (secondary N) is 1. The number of aromatic nitrogens is 1. The molecule has 0 saturated carbocycles. The van der Waals surface area contributed by atoms with E-state index in [0.29, 0.717) is 5.13 Å². The topological polar surface area (TPSA) is 71.2 Å². The van der Waals surface area contributed by atoms with Crippen LogP contribution in [-0.2, 0) is 17.8 Å². The van der Waals surface area contributed by atoms with Crippen LogP contribution in [0.4, 0.5) is 16.5 Å². The van der Waals surface area contributed by atoms with Gasteiger partial charge in [0.1, 0.15) is 0 Å². The first-order valence-corrected chi connectivity index (χ1v) is 7.86. The van der Waals surface area contributed by atoms with Crippen molar-refractivity contribution in [3.63, 3.8) is 0 Å². The molecular formula is C15H20Cl2N4OS. The standard InChI is InChI=1S/C15H18N4OS.2ClH/c1-10(20)17-15-18-11(9-21-15)8-19-7-3-4-12-13(16)5-2-6-14(12)19;;/h2,5-6,9H,3-4,7-8,16H2,1H3,(H,17,18,20);2*1H. The molecule has 3 rings (SSSR count). The second-order valence-corrected chi connectivity index (χ2v) is 6.05. The van der Waals surface area contributed by atoms with Crippen LogP contribution in [0.5, 0.6) is 0 Å². The van der Waals surface area contributed by atoms with Crippen molar-refractivity contribution in [1.82, 2.24) is 4.98 Å². The second-order valence-electron chi connectivity index (χ2n) is 5.20. The van der Waals surface area contributed by atoms with Crippen LogP contribution in [0.2, 0.25) is 0 Å². The number of fused-ring (bicyclic) bond motifs is 1. The minimum atomic E-state index is -0.0907. The van der Waals surface area contributed by atoms with Crippen molar-refractivity contribution >= 4 is 58.6 Å². The normalized spacial score (nSPS) is 12.7. The summed E-state index contributed by atoms with van der Waals surface area (Å²) in [6.45, 7) is 3.24. The molecule has 8 heteroatoms. The fourth-order valence-electron chi connectivity index (χ4n) is 2.68. The lowest BCUT2D eigenvalue weighted by molar-refractivity contribution is -0.114. The van der Waals surface area contributed by atoms with E-state index in [1.807, 2.05) is 17.5 Å². The summed E-state index contributed by atoms with van der Waals surface area (Å²) in [4.78, 5) is 17.8. The van der Waals surface area contributed by atoms with E-state index < -0.39 is 0 Å². The third kappa shape index (κ3) is 4.50. The SMILES string of the molecule is CC(=O)Nc1nc(CN2CCCc3c(N)cccc32)cs1.Cl.Cl. The molecule has 1 aliphatic heterocycles. The highest BCUT2D eigenvalue weighted by molar-refractivity contribution is 7.13. The summed E-state index contributed by atoms with van der Waals surface area (Å²) < 4.78 is 0. The largest absolute Gasteiger partial charge is 0.398 e. The second kappa shape index (κ2) is 8.38. The third-order valence-corrected chi connectivity index (χ3v) is 4.38. The quantitative estimate of drug-likeness (QED) is 0.806. The zero-order valence-electron chi connectivity index (χ0n) is 12.7. The minimum Gasteiger partial charge on any atom is -0.398 e.